The average molecular weight is 328 g/mol. The molecule has 1 aromatic carbocycles. The smallest absolute Gasteiger partial charge is 0.229 e. The number of hydrogen-bond acceptors (Lipinski definition) is 6. The molecule has 124 valence electrons. The van der Waals surface area contributed by atoms with Crippen LogP contribution >= 0.6 is 0 Å². The Morgan fingerprint density at radius 2 is 2.00 bits per heavy atom. The first kappa shape index (κ1) is 14.8. The molecule has 24 heavy (non-hydrogen) atoms. The number of fused-ring (bicyclic) bond motifs is 1. The van der Waals surface area contributed by atoms with Gasteiger partial charge in [-0.2, -0.15) is 15.1 Å². The van der Waals surface area contributed by atoms with Crippen LogP contribution < -0.4 is 10.6 Å². The summed E-state index contributed by atoms with van der Waals surface area (Å²) >= 11 is 0. The lowest BCUT2D eigenvalue weighted by atomic mass is 10.0. The average Bonchev–Trinajstić information content (AvgIpc) is 3.12. The number of anilines is 2. The fourth-order valence-corrected chi connectivity index (χ4v) is 3.20. The molecule has 4 rings (SSSR count). The molecule has 1 fully saturated rings. The third-order valence-electron chi connectivity index (χ3n) is 4.40. The Balaban J connectivity index is 1.78. The molecule has 3 aromatic rings. The van der Waals surface area contributed by atoms with E-state index in [-0.39, 0.29) is 11.9 Å². The maximum Gasteiger partial charge on any atom is 0.229 e. The van der Waals surface area contributed by atoms with Gasteiger partial charge in [0.05, 0.1) is 23.7 Å². The van der Waals surface area contributed by atoms with E-state index < -0.39 is 6.10 Å². The largest absolute Gasteiger partial charge is 0.391 e. The van der Waals surface area contributed by atoms with Crippen molar-refractivity contribution in [2.75, 3.05) is 17.2 Å². The lowest BCUT2D eigenvalue weighted by Crippen LogP contribution is -2.26. The molecule has 3 N–H and O–H groups in total. The maximum atomic E-state index is 13.2. The summed E-state index contributed by atoms with van der Waals surface area (Å²) in [5.41, 5.74) is 7.57. The zero-order chi connectivity index (χ0) is 16.8. The first-order valence-electron chi connectivity index (χ1n) is 7.68. The number of rotatable bonds is 2. The van der Waals surface area contributed by atoms with Crippen LogP contribution in [0.25, 0.3) is 11.0 Å². The van der Waals surface area contributed by atoms with Crippen molar-refractivity contribution in [3.05, 3.63) is 41.8 Å². The minimum atomic E-state index is -0.507. The molecule has 8 heteroatoms. The highest BCUT2D eigenvalue weighted by atomic mass is 19.1. The number of β-amino-alcohol motifs (C(OH)–C–C–N with tert-alkyl or cyclic N) is 1. The number of aryl methyl sites for hydroxylation is 1. The molecular weight excluding hydrogens is 311 g/mol. The Morgan fingerprint density at radius 3 is 2.75 bits per heavy atom. The summed E-state index contributed by atoms with van der Waals surface area (Å²) in [6, 6.07) is 6.13. The molecule has 2 unspecified atom stereocenters. The highest BCUT2D eigenvalue weighted by Crippen LogP contribution is 2.35. The van der Waals surface area contributed by atoms with Crippen LogP contribution in [-0.4, -0.2) is 37.5 Å². The van der Waals surface area contributed by atoms with Gasteiger partial charge in [-0.3, -0.25) is 4.68 Å². The van der Waals surface area contributed by atoms with Crippen molar-refractivity contribution in [1.82, 2.24) is 19.7 Å². The summed E-state index contributed by atoms with van der Waals surface area (Å²) in [4.78, 5) is 10.8. The Morgan fingerprint density at radius 1 is 1.25 bits per heavy atom. The predicted molar refractivity (Wildman–Crippen MR) is 87.8 cm³/mol. The normalized spacial score (nSPS) is 20.9. The molecule has 1 saturated heterocycles. The Hall–Kier alpha value is -2.74. The molecule has 0 spiro atoms. The number of aromatic nitrogens is 4. The monoisotopic (exact) mass is 328 g/mol. The molecule has 7 nitrogen and oxygen atoms in total. The molecule has 0 saturated carbocycles. The van der Waals surface area contributed by atoms with Gasteiger partial charge in [0.15, 0.2) is 5.65 Å². The van der Waals surface area contributed by atoms with Crippen LogP contribution in [0.1, 0.15) is 18.0 Å². The Bertz CT molecular complexity index is 893. The molecule has 0 aliphatic carbocycles. The number of aliphatic hydroxyl groups excluding tert-OH is 1. The zero-order valence-corrected chi connectivity index (χ0v) is 13.1. The van der Waals surface area contributed by atoms with Gasteiger partial charge in [-0.15, -0.1) is 0 Å². The molecule has 0 bridgehead atoms. The van der Waals surface area contributed by atoms with Crippen LogP contribution in [-0.2, 0) is 7.05 Å². The van der Waals surface area contributed by atoms with Gasteiger partial charge in [0.1, 0.15) is 11.6 Å². The highest BCUT2D eigenvalue weighted by Gasteiger charge is 2.34. The number of halogens is 1. The SMILES string of the molecule is Cn1ncc2c(N)nc(N3CC(O)CC3c3ccc(F)cc3)nc21. The molecule has 2 aromatic heterocycles. The standard InChI is InChI=1S/C16H17FN6O/c1-22-15-12(7-19-22)14(18)20-16(21-15)23-8-11(24)6-13(23)9-2-4-10(17)5-3-9/h2-5,7,11,13,24H,6,8H2,1H3,(H2,18,20,21). The fraction of sp³-hybridized carbons (Fsp3) is 0.312. The van der Waals surface area contributed by atoms with Crippen molar-refractivity contribution in [2.24, 2.45) is 7.05 Å². The number of nitrogens with two attached hydrogens (primary N) is 1. The van der Waals surface area contributed by atoms with Crippen molar-refractivity contribution in [1.29, 1.82) is 0 Å². The van der Waals surface area contributed by atoms with Gasteiger partial charge in [-0.05, 0) is 24.1 Å². The molecule has 2 atom stereocenters. The van der Waals surface area contributed by atoms with Crippen LogP contribution in [0.4, 0.5) is 16.2 Å². The van der Waals surface area contributed by atoms with Gasteiger partial charge < -0.3 is 15.7 Å². The molecule has 1 aliphatic rings. The van der Waals surface area contributed by atoms with E-state index in [0.29, 0.717) is 35.8 Å². The van der Waals surface area contributed by atoms with Crippen LogP contribution in [0.3, 0.4) is 0 Å². The number of benzene rings is 1. The van der Waals surface area contributed by atoms with Gasteiger partial charge in [0.2, 0.25) is 5.95 Å². The van der Waals surface area contributed by atoms with Crippen molar-refractivity contribution in [2.45, 2.75) is 18.6 Å². The maximum absolute atomic E-state index is 13.2. The molecule has 0 amide bonds. The van der Waals surface area contributed by atoms with Crippen LogP contribution in [0.5, 0.6) is 0 Å². The van der Waals surface area contributed by atoms with E-state index in [1.807, 2.05) is 4.90 Å². The number of nitrogen functional groups attached to an aromatic ring is 1. The Labute approximate surface area is 137 Å². The highest BCUT2D eigenvalue weighted by molar-refractivity contribution is 5.86. The summed E-state index contributed by atoms with van der Waals surface area (Å²) in [5.74, 6) is 0.498. The van der Waals surface area contributed by atoms with Gasteiger partial charge in [-0.25, -0.2) is 4.39 Å². The number of aliphatic hydroxyl groups is 1. The lowest BCUT2D eigenvalue weighted by Gasteiger charge is -2.25. The topological polar surface area (TPSA) is 93.1 Å². The van der Waals surface area contributed by atoms with E-state index in [1.54, 1.807) is 30.1 Å². The van der Waals surface area contributed by atoms with Crippen molar-refractivity contribution < 1.29 is 9.50 Å². The number of nitrogens with zero attached hydrogens (tertiary/aromatic N) is 5. The predicted octanol–water partition coefficient (Wildman–Crippen LogP) is 1.40. The molecule has 1 aliphatic heterocycles. The van der Waals surface area contributed by atoms with Gasteiger partial charge in [0.25, 0.3) is 0 Å². The minimum absolute atomic E-state index is 0.134. The third kappa shape index (κ3) is 2.35. The van der Waals surface area contributed by atoms with E-state index in [1.165, 1.54) is 12.1 Å². The summed E-state index contributed by atoms with van der Waals surface area (Å²) in [6.45, 7) is 0.394. The van der Waals surface area contributed by atoms with Crippen LogP contribution in [0, 0.1) is 5.82 Å². The second-order valence-electron chi connectivity index (χ2n) is 6.02. The lowest BCUT2D eigenvalue weighted by molar-refractivity contribution is 0.194. The Kier molecular flexibility index (Phi) is 3.34. The van der Waals surface area contributed by atoms with Gasteiger partial charge in [0, 0.05) is 13.6 Å². The second kappa shape index (κ2) is 5.41. The quantitative estimate of drug-likeness (QED) is 0.738. The molecular formula is C16H17FN6O. The van der Waals surface area contributed by atoms with Gasteiger partial charge >= 0.3 is 0 Å². The minimum Gasteiger partial charge on any atom is -0.391 e. The fourth-order valence-electron chi connectivity index (χ4n) is 3.20. The number of hydrogen-bond donors (Lipinski definition) is 2. The summed E-state index contributed by atoms with van der Waals surface area (Å²) in [7, 11) is 1.79. The summed E-state index contributed by atoms with van der Waals surface area (Å²) in [6.07, 6.45) is 1.65. The second-order valence-corrected chi connectivity index (χ2v) is 6.02. The van der Waals surface area contributed by atoms with E-state index in [2.05, 4.69) is 15.1 Å². The van der Waals surface area contributed by atoms with Crippen LogP contribution in [0.2, 0.25) is 0 Å². The molecule has 3 heterocycles. The van der Waals surface area contributed by atoms with Crippen LogP contribution in [0.15, 0.2) is 30.5 Å². The van der Waals surface area contributed by atoms with E-state index in [0.717, 1.165) is 5.56 Å². The molecule has 0 radical (unpaired) electrons. The summed E-state index contributed by atoms with van der Waals surface area (Å²) < 4.78 is 14.8. The third-order valence-corrected chi connectivity index (χ3v) is 4.40. The van der Waals surface area contributed by atoms with E-state index in [9.17, 15) is 9.50 Å². The zero-order valence-electron chi connectivity index (χ0n) is 13.1. The van der Waals surface area contributed by atoms with E-state index in [4.69, 9.17) is 5.73 Å². The summed E-state index contributed by atoms with van der Waals surface area (Å²) in [5, 5.41) is 15.0. The van der Waals surface area contributed by atoms with E-state index >= 15 is 0 Å². The van der Waals surface area contributed by atoms with Gasteiger partial charge in [-0.1, -0.05) is 12.1 Å². The first-order valence-corrected chi connectivity index (χ1v) is 7.68. The van der Waals surface area contributed by atoms with Crippen molar-refractivity contribution >= 4 is 22.8 Å². The van der Waals surface area contributed by atoms with Crippen molar-refractivity contribution in [3.63, 3.8) is 0 Å². The first-order chi connectivity index (χ1) is 11.5. The van der Waals surface area contributed by atoms with Crippen molar-refractivity contribution in [3.8, 4) is 0 Å².